The Labute approximate surface area is 821 Å². The summed E-state index contributed by atoms with van der Waals surface area (Å²) in [5.74, 6) is 0. The van der Waals surface area contributed by atoms with Gasteiger partial charge in [0.05, 0.1) is 0 Å². The van der Waals surface area contributed by atoms with Crippen LogP contribution in [0, 0.1) is 0 Å². The molecule has 0 saturated carbocycles. The van der Waals surface area contributed by atoms with E-state index in [2.05, 4.69) is 362 Å². The van der Waals surface area contributed by atoms with Crippen molar-refractivity contribution in [1.82, 2.24) is 0 Å². The first kappa shape index (κ1) is 89.8. The zero-order valence-corrected chi connectivity index (χ0v) is 84.2. The van der Waals surface area contributed by atoms with Gasteiger partial charge in [-0.25, -0.2) is 0 Å². The molecule has 0 unspecified atom stereocenters. The van der Waals surface area contributed by atoms with Gasteiger partial charge >= 0.3 is 0 Å². The van der Waals surface area contributed by atoms with Gasteiger partial charge in [-0.05, 0) is 276 Å². The summed E-state index contributed by atoms with van der Waals surface area (Å²) in [5, 5.41) is 4.69. The molecule has 2 aromatic heterocycles. The van der Waals surface area contributed by atoms with Crippen LogP contribution in [0.15, 0.2) is 288 Å². The number of unbranched alkanes of at least 4 members (excludes halogenated alkanes) is 20. The van der Waals surface area contributed by atoms with Crippen LogP contribution in [0.3, 0.4) is 0 Å². The second-order valence-electron chi connectivity index (χ2n) is 44.8. The van der Waals surface area contributed by atoms with E-state index in [0.717, 1.165) is 55.4 Å². The summed E-state index contributed by atoms with van der Waals surface area (Å²) in [6.45, 7) is 29.1. The zero-order valence-electron chi connectivity index (χ0n) is 84.2. The third-order valence-corrected chi connectivity index (χ3v) is 35.1. The predicted molar refractivity (Wildman–Crippen MR) is 588 cm³/mol. The highest BCUT2D eigenvalue weighted by Crippen LogP contribution is 2.66. The molecule has 0 N–H and O–H groups in total. The average molecular weight is 1800 g/mol. The minimum atomic E-state index is -0.398. The van der Waals surface area contributed by atoms with Gasteiger partial charge in [0.2, 0.25) is 0 Å². The van der Waals surface area contributed by atoms with Crippen molar-refractivity contribution in [3.8, 4) is 134 Å². The van der Waals surface area contributed by atoms with Crippen LogP contribution in [-0.2, 0) is 32.5 Å². The van der Waals surface area contributed by atoms with Crippen LogP contribution in [-0.4, -0.2) is 0 Å². The van der Waals surface area contributed by atoms with Crippen molar-refractivity contribution >= 4 is 43.9 Å². The Hall–Kier alpha value is -12.1. The molecule has 15 aromatic carbocycles. The van der Waals surface area contributed by atoms with E-state index in [4.69, 9.17) is 8.83 Å². The third kappa shape index (κ3) is 14.5. The summed E-state index contributed by atoms with van der Waals surface area (Å²) in [4.78, 5) is 0. The number of furan rings is 2. The first-order chi connectivity index (χ1) is 67.3. The van der Waals surface area contributed by atoms with Crippen LogP contribution in [0.25, 0.3) is 177 Å². The summed E-state index contributed by atoms with van der Waals surface area (Å²) in [6, 6.07) is 110. The van der Waals surface area contributed by atoms with Gasteiger partial charge in [0.15, 0.2) is 0 Å². The molecule has 0 atom stereocenters. The van der Waals surface area contributed by atoms with E-state index in [1.165, 1.54) is 346 Å². The third-order valence-electron chi connectivity index (χ3n) is 35.1. The molecular weight excluding hydrogens is 1670 g/mol. The Kier molecular flexibility index (Phi) is 23.2. The van der Waals surface area contributed by atoms with Gasteiger partial charge in [-0.1, -0.05) is 456 Å². The van der Waals surface area contributed by atoms with Crippen molar-refractivity contribution in [3.05, 3.63) is 346 Å². The minimum absolute atomic E-state index is 0.0372. The Morgan fingerprint density at radius 3 is 0.761 bits per heavy atom. The van der Waals surface area contributed by atoms with E-state index in [9.17, 15) is 0 Å². The van der Waals surface area contributed by atoms with Gasteiger partial charge in [-0.2, -0.15) is 0 Å². The van der Waals surface area contributed by atoms with Gasteiger partial charge in [0, 0.05) is 65.2 Å². The molecule has 0 bridgehead atoms. The van der Waals surface area contributed by atoms with Gasteiger partial charge in [0.25, 0.3) is 0 Å². The zero-order chi connectivity index (χ0) is 94.1. The fourth-order valence-corrected chi connectivity index (χ4v) is 27.7. The molecule has 17 aromatic rings. The molecule has 0 amide bonds. The number of rotatable bonds is 34. The lowest BCUT2D eigenvalue weighted by atomic mass is 9.70. The van der Waals surface area contributed by atoms with Crippen molar-refractivity contribution in [2.24, 2.45) is 0 Å². The molecule has 138 heavy (non-hydrogen) atoms. The predicted octanol–water partition coefficient (Wildman–Crippen LogP) is 40.2. The van der Waals surface area contributed by atoms with E-state index in [1.54, 1.807) is 22.3 Å². The van der Waals surface area contributed by atoms with Crippen molar-refractivity contribution in [2.45, 2.75) is 295 Å². The monoisotopic (exact) mass is 1800 g/mol. The van der Waals surface area contributed by atoms with Crippen molar-refractivity contribution in [1.29, 1.82) is 0 Å². The lowest BCUT2D eigenvalue weighted by Crippen LogP contribution is -2.25. The molecule has 6 aliphatic rings. The van der Waals surface area contributed by atoms with Crippen molar-refractivity contribution in [3.63, 3.8) is 0 Å². The van der Waals surface area contributed by atoms with Crippen molar-refractivity contribution < 1.29 is 8.83 Å². The quantitative estimate of drug-likeness (QED) is 0.0376. The van der Waals surface area contributed by atoms with Crippen LogP contribution >= 0.6 is 0 Å². The van der Waals surface area contributed by atoms with E-state index in [-0.39, 0.29) is 21.7 Å². The maximum Gasteiger partial charge on any atom is 0.143 e. The van der Waals surface area contributed by atoms with Crippen LogP contribution in [0.5, 0.6) is 0 Å². The Balaban J connectivity index is 0.534. The lowest BCUT2D eigenvalue weighted by Gasteiger charge is -2.33. The van der Waals surface area contributed by atoms with Gasteiger partial charge in [-0.15, -0.1) is 0 Å². The molecule has 0 saturated heterocycles. The maximum atomic E-state index is 7.25. The smallest absolute Gasteiger partial charge is 0.143 e. The van der Waals surface area contributed by atoms with E-state index >= 15 is 0 Å². The molecule has 23 rings (SSSR count). The minimum Gasteiger partial charge on any atom is -0.455 e. The molecule has 0 radical (unpaired) electrons. The lowest BCUT2D eigenvalue weighted by molar-refractivity contribution is 0.398. The first-order valence-corrected chi connectivity index (χ1v) is 53.8. The van der Waals surface area contributed by atoms with E-state index in [0.29, 0.717) is 0 Å². The molecular formula is C136H138O2. The second kappa shape index (κ2) is 35.7. The fourth-order valence-electron chi connectivity index (χ4n) is 27.7. The Morgan fingerprint density at radius 1 is 0.188 bits per heavy atom. The van der Waals surface area contributed by atoms with Crippen molar-refractivity contribution in [2.75, 3.05) is 0 Å². The van der Waals surface area contributed by atoms with Gasteiger partial charge in [-0.3, -0.25) is 0 Å². The molecule has 0 fully saturated rings. The largest absolute Gasteiger partial charge is 0.455 e. The Morgan fingerprint density at radius 2 is 0.435 bits per heavy atom. The molecule has 0 spiro atoms. The van der Waals surface area contributed by atoms with Crippen LogP contribution in [0.1, 0.15) is 330 Å². The summed E-state index contributed by atoms with van der Waals surface area (Å²) in [6.07, 6.45) is 36.6. The van der Waals surface area contributed by atoms with Gasteiger partial charge in [0.1, 0.15) is 22.3 Å². The van der Waals surface area contributed by atoms with Gasteiger partial charge < -0.3 is 8.83 Å². The average Bonchev–Trinajstić information content (AvgIpc) is 1.50. The van der Waals surface area contributed by atoms with E-state index < -0.39 is 10.8 Å². The highest BCUT2D eigenvalue weighted by atomic mass is 16.3. The highest BCUT2D eigenvalue weighted by Gasteiger charge is 2.51. The molecule has 6 aliphatic carbocycles. The first-order valence-electron chi connectivity index (χ1n) is 53.8. The standard InChI is InChI=1S/C136H138O2/c1-13-17-21-25-29-41-75-135(76-42-30-26-22-18-14-2)111-49-37-33-45-97(111)103-71-65-95(83-117(103)135)93-63-69-101-99-67-61-91(79-113(99)131(5,6)115(101)81-93)87-53-57-89(58-54-87)109-85-119-123(125-105-47-35-39-51-121(105)137-129(109)125)107-73-74-108-124-120(134(11,12)128(108)127(107)133(119,9)10)86-110(130-126(124)106-48-36-40-52-122(106)138-130)90-59-55-88(56-60-90)92-62-68-100-102-70-64-94(82-116(102)132(7,8)114(100)80-92)96-66-72-104-98-46-34-38-50-112(98)136(118(104)84-96,77-43-31-27-23-19-15-3)78-44-32-28-24-20-16-4/h33-40,45-74,79-86H,13-32,41-44,75-78H2,1-12H3. The fraction of sp³-hybridized carbons (Fsp3) is 0.338. The number of fused-ring (bicyclic) bond motifs is 27. The summed E-state index contributed by atoms with van der Waals surface area (Å²) in [5.41, 5.74) is 51.1. The van der Waals surface area contributed by atoms with Crippen LogP contribution < -0.4 is 0 Å². The molecule has 0 aliphatic heterocycles. The highest BCUT2D eigenvalue weighted by molar-refractivity contribution is 6.22. The Bertz CT molecular complexity index is 7130. The maximum absolute atomic E-state index is 7.25. The number of para-hydroxylation sites is 2. The van der Waals surface area contributed by atoms with E-state index in [1.807, 2.05) is 0 Å². The molecule has 694 valence electrons. The SMILES string of the molecule is CCCCCCCCC1(CCCCCCCC)c2ccccc2-c2ccc(-c3ccc4c(c3)C(C)(C)c3cc(-c5ccc(-c6cc7c(c8c6oc6ccccc68)-c6ccc8c(c6C7(C)C)C(C)(C)c6cc(-c7ccc(-c9ccc%10c(c9)C(C)(C)c9cc(-c%11ccc%12c(c%11)C(CCCCCCCC)(CCCCCCCC)c%11ccccc%11-%12)ccc9-%10)cc7)c7oc9ccccc9c7c6-8)cc5)ccc3-4)cc21. The molecule has 2 heterocycles. The topological polar surface area (TPSA) is 26.3 Å². The summed E-state index contributed by atoms with van der Waals surface area (Å²) in [7, 11) is 0. The number of benzene rings is 15. The number of hydrogen-bond donors (Lipinski definition) is 0. The normalized spacial score (nSPS) is 15.4. The second-order valence-corrected chi connectivity index (χ2v) is 44.8. The summed E-state index contributed by atoms with van der Waals surface area (Å²) >= 11 is 0. The molecule has 2 nitrogen and oxygen atoms in total. The molecule has 2 heteroatoms. The summed E-state index contributed by atoms with van der Waals surface area (Å²) < 4.78 is 14.5. The van der Waals surface area contributed by atoms with Crippen LogP contribution in [0.2, 0.25) is 0 Å². The van der Waals surface area contributed by atoms with Crippen LogP contribution in [0.4, 0.5) is 0 Å². The number of hydrogen-bond acceptors (Lipinski definition) is 2.